The Balaban J connectivity index is 1.52. The second kappa shape index (κ2) is 9.27. The first kappa shape index (κ1) is 22.9. The molecule has 1 N–H and O–H groups in total. The molecule has 0 radical (unpaired) electrons. The molecule has 0 bridgehead atoms. The highest BCUT2D eigenvalue weighted by atomic mass is 32.2. The fourth-order valence-corrected chi connectivity index (χ4v) is 5.49. The number of hydrogen-bond donors (Lipinski definition) is 1. The molecule has 1 aliphatic heterocycles. The van der Waals surface area contributed by atoms with Crippen LogP contribution in [0.15, 0.2) is 42.5 Å². The second-order valence-electron chi connectivity index (χ2n) is 8.63. The molecule has 2 aromatic carbocycles. The maximum Gasteiger partial charge on any atom is 0.226 e. The molecule has 5 nitrogen and oxygen atoms in total. The lowest BCUT2D eigenvalue weighted by Crippen LogP contribution is -2.45. The van der Waals surface area contributed by atoms with Crippen molar-refractivity contribution >= 4 is 15.9 Å². The third kappa shape index (κ3) is 4.86. The maximum atomic E-state index is 14.4. The van der Waals surface area contributed by atoms with Crippen molar-refractivity contribution in [1.29, 1.82) is 0 Å². The number of amides is 1. The molecule has 2 aliphatic rings. The number of sulfonamides is 1. The van der Waals surface area contributed by atoms with Gasteiger partial charge in [0.25, 0.3) is 0 Å². The summed E-state index contributed by atoms with van der Waals surface area (Å²) in [6.07, 6.45) is 2.99. The van der Waals surface area contributed by atoms with E-state index in [0.29, 0.717) is 31.5 Å². The number of rotatable bonds is 6. The monoisotopic (exact) mass is 462 g/mol. The number of hydrogen-bond acceptors (Lipinski definition) is 3. The molecule has 2 aromatic rings. The van der Waals surface area contributed by atoms with Gasteiger partial charge in [-0.05, 0) is 55.4 Å². The molecule has 4 rings (SSSR count). The Kier molecular flexibility index (Phi) is 6.62. The Morgan fingerprint density at radius 1 is 1.09 bits per heavy atom. The number of nitrogens with zero attached hydrogens (tertiary/aromatic N) is 1. The molecule has 1 saturated carbocycles. The van der Waals surface area contributed by atoms with E-state index in [1.165, 1.54) is 18.2 Å². The zero-order chi connectivity index (χ0) is 22.9. The van der Waals surface area contributed by atoms with E-state index in [4.69, 9.17) is 0 Å². The van der Waals surface area contributed by atoms with Crippen LogP contribution in [0.2, 0.25) is 0 Å². The Hall–Kier alpha value is -2.32. The SMILES string of the molecule is CCS(=O)(=O)N[C@H]1CCCCN(C(=O)[C@@H]2C[C@H]2c2ccccc2-c2c(F)cccc2F)C1. The van der Waals surface area contributed by atoms with Crippen LogP contribution >= 0.6 is 0 Å². The molecule has 1 heterocycles. The Morgan fingerprint density at radius 2 is 1.81 bits per heavy atom. The lowest BCUT2D eigenvalue weighted by Gasteiger charge is -2.25. The first-order valence-electron chi connectivity index (χ1n) is 11.1. The first-order valence-corrected chi connectivity index (χ1v) is 12.8. The van der Waals surface area contributed by atoms with Crippen molar-refractivity contribution in [1.82, 2.24) is 9.62 Å². The van der Waals surface area contributed by atoms with E-state index in [1.807, 2.05) is 12.1 Å². The highest BCUT2D eigenvalue weighted by Gasteiger charge is 2.47. The quantitative estimate of drug-likeness (QED) is 0.704. The van der Waals surface area contributed by atoms with Crippen molar-refractivity contribution < 1.29 is 22.0 Å². The van der Waals surface area contributed by atoms with E-state index in [1.54, 1.807) is 24.0 Å². The van der Waals surface area contributed by atoms with E-state index >= 15 is 0 Å². The molecule has 1 aliphatic carbocycles. The molecule has 172 valence electrons. The average Bonchev–Trinajstić information content (AvgIpc) is 3.58. The zero-order valence-electron chi connectivity index (χ0n) is 18.1. The largest absolute Gasteiger partial charge is 0.341 e. The minimum atomic E-state index is -3.35. The van der Waals surface area contributed by atoms with E-state index < -0.39 is 21.7 Å². The van der Waals surface area contributed by atoms with Gasteiger partial charge in [-0.25, -0.2) is 21.9 Å². The van der Waals surface area contributed by atoms with Gasteiger partial charge >= 0.3 is 0 Å². The van der Waals surface area contributed by atoms with Crippen molar-refractivity contribution in [2.75, 3.05) is 18.8 Å². The average molecular weight is 463 g/mol. The Morgan fingerprint density at radius 3 is 2.53 bits per heavy atom. The van der Waals surface area contributed by atoms with Crippen LogP contribution < -0.4 is 4.72 Å². The summed E-state index contributed by atoms with van der Waals surface area (Å²) in [5.41, 5.74) is 1.19. The molecule has 0 spiro atoms. The summed E-state index contributed by atoms with van der Waals surface area (Å²) >= 11 is 0. The zero-order valence-corrected chi connectivity index (χ0v) is 18.9. The predicted octanol–water partition coefficient (Wildman–Crippen LogP) is 4.06. The molecule has 1 amide bonds. The lowest BCUT2D eigenvalue weighted by atomic mass is 9.95. The highest BCUT2D eigenvalue weighted by molar-refractivity contribution is 7.89. The number of likely N-dealkylation sites (tertiary alicyclic amines) is 1. The van der Waals surface area contributed by atoms with Crippen LogP contribution in [0.4, 0.5) is 8.78 Å². The van der Waals surface area contributed by atoms with Gasteiger partial charge in [0.2, 0.25) is 15.9 Å². The predicted molar refractivity (Wildman–Crippen MR) is 119 cm³/mol. The third-order valence-corrected chi connectivity index (χ3v) is 7.86. The lowest BCUT2D eigenvalue weighted by molar-refractivity contribution is -0.132. The molecule has 1 saturated heterocycles. The van der Waals surface area contributed by atoms with Crippen molar-refractivity contribution in [3.8, 4) is 11.1 Å². The van der Waals surface area contributed by atoms with Gasteiger partial charge in [0, 0.05) is 25.0 Å². The van der Waals surface area contributed by atoms with Crippen LogP contribution in [0, 0.1) is 17.6 Å². The summed E-state index contributed by atoms with van der Waals surface area (Å²) < 4.78 is 55.5. The molecular weight excluding hydrogens is 434 g/mol. The molecular formula is C24H28F2N2O3S. The van der Waals surface area contributed by atoms with E-state index in [2.05, 4.69) is 4.72 Å². The number of benzene rings is 2. The molecule has 8 heteroatoms. The van der Waals surface area contributed by atoms with Crippen LogP contribution in [0.3, 0.4) is 0 Å². The highest BCUT2D eigenvalue weighted by Crippen LogP contribution is 2.51. The van der Waals surface area contributed by atoms with Crippen molar-refractivity contribution in [3.63, 3.8) is 0 Å². The van der Waals surface area contributed by atoms with Crippen LogP contribution in [0.1, 0.15) is 44.1 Å². The fourth-order valence-electron chi connectivity index (χ4n) is 4.62. The molecule has 0 unspecified atom stereocenters. The van der Waals surface area contributed by atoms with Crippen molar-refractivity contribution in [2.45, 2.75) is 44.6 Å². The smallest absolute Gasteiger partial charge is 0.226 e. The van der Waals surface area contributed by atoms with Crippen LogP contribution in [-0.2, 0) is 14.8 Å². The van der Waals surface area contributed by atoms with Crippen molar-refractivity contribution in [3.05, 3.63) is 59.7 Å². The van der Waals surface area contributed by atoms with Gasteiger partial charge in [-0.2, -0.15) is 0 Å². The standard InChI is InChI=1S/C24H28F2N2O3S/c1-2-32(30,31)27-16-8-5-6-13-28(15-16)24(29)20-14-19(20)17-9-3-4-10-18(17)23-21(25)11-7-12-22(23)26/h3-4,7,9-12,16,19-20,27H,2,5-6,8,13-15H2,1H3/t16-,19-,20+/m0/s1. The number of halogens is 2. The summed E-state index contributed by atoms with van der Waals surface area (Å²) in [6, 6.07) is 10.6. The van der Waals surface area contributed by atoms with Gasteiger partial charge < -0.3 is 4.90 Å². The van der Waals surface area contributed by atoms with Gasteiger partial charge in [0.05, 0.1) is 11.3 Å². The van der Waals surface area contributed by atoms with Crippen LogP contribution in [0.5, 0.6) is 0 Å². The maximum absolute atomic E-state index is 14.4. The van der Waals surface area contributed by atoms with Gasteiger partial charge in [0.15, 0.2) is 0 Å². The number of nitrogens with one attached hydrogen (secondary N) is 1. The fraction of sp³-hybridized carbons (Fsp3) is 0.458. The molecule has 3 atom stereocenters. The van der Waals surface area contributed by atoms with Gasteiger partial charge in [-0.3, -0.25) is 4.79 Å². The molecule has 2 fully saturated rings. The van der Waals surface area contributed by atoms with E-state index in [0.717, 1.165) is 18.4 Å². The van der Waals surface area contributed by atoms with Crippen molar-refractivity contribution in [2.24, 2.45) is 5.92 Å². The third-order valence-electron chi connectivity index (χ3n) is 6.41. The summed E-state index contributed by atoms with van der Waals surface area (Å²) in [6.45, 7) is 2.54. The van der Waals surface area contributed by atoms with Gasteiger partial charge in [-0.15, -0.1) is 0 Å². The van der Waals surface area contributed by atoms with Crippen LogP contribution in [0.25, 0.3) is 11.1 Å². The molecule has 0 aromatic heterocycles. The topological polar surface area (TPSA) is 66.5 Å². The first-order chi connectivity index (χ1) is 15.3. The summed E-state index contributed by atoms with van der Waals surface area (Å²) in [4.78, 5) is 15.0. The normalized spacial score (nSPS) is 23.6. The second-order valence-corrected chi connectivity index (χ2v) is 10.7. The summed E-state index contributed by atoms with van der Waals surface area (Å²) in [5.74, 6) is -1.62. The van der Waals surface area contributed by atoms with Crippen LogP contribution in [-0.4, -0.2) is 44.1 Å². The van der Waals surface area contributed by atoms with Gasteiger partial charge in [0.1, 0.15) is 11.6 Å². The minimum Gasteiger partial charge on any atom is -0.341 e. The number of carbonyl (C=O) groups is 1. The Labute approximate surface area is 187 Å². The molecule has 32 heavy (non-hydrogen) atoms. The van der Waals surface area contributed by atoms with E-state index in [-0.39, 0.29) is 35.1 Å². The Bertz CT molecular complexity index is 1090. The summed E-state index contributed by atoms with van der Waals surface area (Å²) in [7, 11) is -3.35. The minimum absolute atomic E-state index is 0.00549. The summed E-state index contributed by atoms with van der Waals surface area (Å²) in [5, 5.41) is 0. The van der Waals surface area contributed by atoms with Gasteiger partial charge in [-0.1, -0.05) is 36.8 Å². The number of carbonyl (C=O) groups excluding carboxylic acids is 1. The van der Waals surface area contributed by atoms with E-state index in [9.17, 15) is 22.0 Å².